The van der Waals surface area contributed by atoms with E-state index in [2.05, 4.69) is 4.98 Å². The first-order chi connectivity index (χ1) is 10.6. The zero-order valence-electron chi connectivity index (χ0n) is 11.6. The summed E-state index contributed by atoms with van der Waals surface area (Å²) in [7, 11) is 1.55. The Morgan fingerprint density at radius 1 is 1.27 bits per heavy atom. The number of nitro benzene ring substituents is 1. The highest BCUT2D eigenvalue weighted by molar-refractivity contribution is 6.08. The summed E-state index contributed by atoms with van der Waals surface area (Å²) in [5, 5.41) is 10.6. The number of ether oxygens (including phenoxy) is 1. The van der Waals surface area contributed by atoms with E-state index in [1.165, 1.54) is 30.5 Å². The Bertz CT molecular complexity index is 868. The van der Waals surface area contributed by atoms with Gasteiger partial charge >= 0.3 is 0 Å². The van der Waals surface area contributed by atoms with Crippen LogP contribution in [0.1, 0.15) is 16.1 Å². The van der Waals surface area contributed by atoms with E-state index in [9.17, 15) is 14.9 Å². The van der Waals surface area contributed by atoms with Gasteiger partial charge in [0.1, 0.15) is 17.1 Å². The van der Waals surface area contributed by atoms with Crippen molar-refractivity contribution in [3.05, 3.63) is 70.2 Å². The molecule has 0 saturated carbocycles. The van der Waals surface area contributed by atoms with Gasteiger partial charge in [-0.15, -0.1) is 0 Å². The molecule has 110 valence electrons. The number of hydrogen-bond donors (Lipinski definition) is 0. The molecule has 0 radical (unpaired) electrons. The van der Waals surface area contributed by atoms with Crippen molar-refractivity contribution in [2.45, 2.75) is 0 Å². The quantitative estimate of drug-likeness (QED) is 0.419. The topological polar surface area (TPSA) is 86.7 Å². The van der Waals surface area contributed by atoms with Crippen LogP contribution in [0, 0.1) is 10.1 Å². The maximum atomic E-state index is 12.5. The number of carbonyl (C=O) groups excluding carboxylic acids is 1. The number of nitro groups is 1. The Morgan fingerprint density at radius 2 is 2.00 bits per heavy atom. The molecular weight excluding hydrogens is 286 g/mol. The van der Waals surface area contributed by atoms with Gasteiger partial charge in [-0.05, 0) is 18.2 Å². The Labute approximate surface area is 124 Å². The van der Waals surface area contributed by atoms with Crippen molar-refractivity contribution in [1.29, 1.82) is 0 Å². The number of carbonyl (C=O) groups is 1. The number of nitrogens with zero attached hydrogens (tertiary/aromatic N) is 3. The molecule has 2 aromatic heterocycles. The van der Waals surface area contributed by atoms with Gasteiger partial charge in [-0.1, -0.05) is 0 Å². The number of ketones is 1. The molecule has 3 aromatic rings. The van der Waals surface area contributed by atoms with E-state index in [0.717, 1.165) is 0 Å². The van der Waals surface area contributed by atoms with Gasteiger partial charge in [-0.3, -0.25) is 19.3 Å². The molecule has 0 fully saturated rings. The molecule has 0 N–H and O–H groups in total. The molecule has 0 saturated heterocycles. The molecule has 0 bridgehead atoms. The van der Waals surface area contributed by atoms with Crippen molar-refractivity contribution >= 4 is 17.1 Å². The summed E-state index contributed by atoms with van der Waals surface area (Å²) in [6.45, 7) is 0. The molecule has 2 heterocycles. The number of benzene rings is 1. The lowest BCUT2D eigenvalue weighted by Crippen LogP contribution is -2.05. The molecule has 0 unspecified atom stereocenters. The number of pyridine rings is 1. The molecule has 0 spiro atoms. The molecule has 22 heavy (non-hydrogen) atoms. The lowest BCUT2D eigenvalue weighted by molar-refractivity contribution is -0.384. The molecule has 1 aromatic carbocycles. The van der Waals surface area contributed by atoms with Crippen LogP contribution >= 0.6 is 0 Å². The van der Waals surface area contributed by atoms with Crippen LogP contribution in [-0.4, -0.2) is 27.2 Å². The van der Waals surface area contributed by atoms with Gasteiger partial charge in [0.15, 0.2) is 0 Å². The first-order valence-corrected chi connectivity index (χ1v) is 6.40. The fourth-order valence-electron chi connectivity index (χ4n) is 2.14. The van der Waals surface area contributed by atoms with Crippen LogP contribution in [-0.2, 0) is 0 Å². The average Bonchev–Trinajstić information content (AvgIpc) is 2.97. The number of fused-ring (bicyclic) bond motifs is 1. The monoisotopic (exact) mass is 297 g/mol. The fraction of sp³-hybridized carbons (Fsp3) is 0.0667. The standard InChI is InChI=1S/C15H11N3O4/c1-22-12-6-7-17-13(9-16-14(17)8-12)15(19)10-2-4-11(5-3-10)18(20)21/h2-9H,1H3. The maximum Gasteiger partial charge on any atom is 0.269 e. The molecule has 0 aliphatic rings. The van der Waals surface area contributed by atoms with E-state index in [-0.39, 0.29) is 11.5 Å². The van der Waals surface area contributed by atoms with E-state index in [0.29, 0.717) is 22.7 Å². The van der Waals surface area contributed by atoms with Gasteiger partial charge in [-0.2, -0.15) is 0 Å². The van der Waals surface area contributed by atoms with Gasteiger partial charge in [0.05, 0.1) is 18.2 Å². The first-order valence-electron chi connectivity index (χ1n) is 6.40. The third-order valence-corrected chi connectivity index (χ3v) is 3.29. The molecule has 0 aliphatic carbocycles. The molecule has 0 atom stereocenters. The number of hydrogen-bond acceptors (Lipinski definition) is 5. The largest absolute Gasteiger partial charge is 0.497 e. The third-order valence-electron chi connectivity index (χ3n) is 3.29. The smallest absolute Gasteiger partial charge is 0.269 e. The summed E-state index contributed by atoms with van der Waals surface area (Å²) in [6, 6.07) is 8.92. The van der Waals surface area contributed by atoms with E-state index in [4.69, 9.17) is 4.74 Å². The molecular formula is C15H11N3O4. The number of non-ortho nitro benzene ring substituents is 1. The lowest BCUT2D eigenvalue weighted by atomic mass is 10.1. The first kappa shape index (κ1) is 13.7. The Hall–Kier alpha value is -3.22. The van der Waals surface area contributed by atoms with Crippen LogP contribution in [0.25, 0.3) is 5.65 Å². The molecule has 3 rings (SSSR count). The minimum absolute atomic E-state index is 0.0561. The number of imidazole rings is 1. The SMILES string of the molecule is COc1ccn2c(C(=O)c3ccc([N+](=O)[O-])cc3)cnc2c1. The molecule has 7 heteroatoms. The summed E-state index contributed by atoms with van der Waals surface area (Å²) < 4.78 is 6.76. The number of rotatable bonds is 4. The van der Waals surface area contributed by atoms with E-state index in [1.807, 2.05) is 0 Å². The number of aromatic nitrogens is 2. The van der Waals surface area contributed by atoms with Crippen molar-refractivity contribution < 1.29 is 14.5 Å². The zero-order chi connectivity index (χ0) is 15.7. The van der Waals surface area contributed by atoms with Crippen molar-refractivity contribution in [3.63, 3.8) is 0 Å². The summed E-state index contributed by atoms with van der Waals surface area (Å²) in [6.07, 6.45) is 3.16. The molecule has 0 amide bonds. The second-order valence-corrected chi connectivity index (χ2v) is 4.57. The van der Waals surface area contributed by atoms with Crippen molar-refractivity contribution in [2.24, 2.45) is 0 Å². The summed E-state index contributed by atoms with van der Waals surface area (Å²) >= 11 is 0. The molecule has 0 aliphatic heterocycles. The Morgan fingerprint density at radius 3 is 2.64 bits per heavy atom. The zero-order valence-corrected chi connectivity index (χ0v) is 11.6. The van der Waals surface area contributed by atoms with Crippen LogP contribution in [0.5, 0.6) is 5.75 Å². The van der Waals surface area contributed by atoms with Crippen molar-refractivity contribution in [1.82, 2.24) is 9.38 Å². The summed E-state index contributed by atoms with van der Waals surface area (Å²) in [5.41, 5.74) is 1.28. The summed E-state index contributed by atoms with van der Waals surface area (Å²) in [4.78, 5) is 26.8. The van der Waals surface area contributed by atoms with Crippen molar-refractivity contribution in [3.8, 4) is 5.75 Å². The third kappa shape index (κ3) is 2.28. The van der Waals surface area contributed by atoms with Crippen LogP contribution in [0.3, 0.4) is 0 Å². The van der Waals surface area contributed by atoms with Gasteiger partial charge in [0.25, 0.3) is 5.69 Å². The second kappa shape index (κ2) is 5.28. The fourth-order valence-corrected chi connectivity index (χ4v) is 2.14. The van der Waals surface area contributed by atoms with E-state index in [1.54, 1.807) is 29.8 Å². The predicted octanol–water partition coefficient (Wildman–Crippen LogP) is 2.48. The number of methoxy groups -OCH3 is 1. The van der Waals surface area contributed by atoms with Gasteiger partial charge in [-0.25, -0.2) is 4.98 Å². The minimum Gasteiger partial charge on any atom is -0.497 e. The van der Waals surface area contributed by atoms with Crippen LogP contribution in [0.4, 0.5) is 5.69 Å². The van der Waals surface area contributed by atoms with Crippen LogP contribution in [0.2, 0.25) is 0 Å². The predicted molar refractivity (Wildman–Crippen MR) is 78.3 cm³/mol. The highest BCUT2D eigenvalue weighted by Gasteiger charge is 2.16. The minimum atomic E-state index is -0.505. The molecule has 7 nitrogen and oxygen atoms in total. The Kier molecular flexibility index (Phi) is 3.30. The second-order valence-electron chi connectivity index (χ2n) is 4.57. The van der Waals surface area contributed by atoms with Crippen molar-refractivity contribution in [2.75, 3.05) is 7.11 Å². The van der Waals surface area contributed by atoms with Gasteiger partial charge < -0.3 is 4.74 Å². The summed E-state index contributed by atoms with van der Waals surface area (Å²) in [5.74, 6) is 0.389. The average molecular weight is 297 g/mol. The van der Waals surface area contributed by atoms with Gasteiger partial charge in [0.2, 0.25) is 5.78 Å². The Balaban J connectivity index is 1.99. The van der Waals surface area contributed by atoms with Crippen LogP contribution in [0.15, 0.2) is 48.8 Å². The highest BCUT2D eigenvalue weighted by atomic mass is 16.6. The van der Waals surface area contributed by atoms with Gasteiger partial charge in [0, 0.05) is 30.0 Å². The van der Waals surface area contributed by atoms with Crippen LogP contribution < -0.4 is 4.74 Å². The van der Waals surface area contributed by atoms with E-state index >= 15 is 0 Å². The maximum absolute atomic E-state index is 12.5. The lowest BCUT2D eigenvalue weighted by Gasteiger charge is -2.03. The normalized spacial score (nSPS) is 10.6. The highest BCUT2D eigenvalue weighted by Crippen LogP contribution is 2.19. The van der Waals surface area contributed by atoms with E-state index < -0.39 is 4.92 Å².